The summed E-state index contributed by atoms with van der Waals surface area (Å²) in [4.78, 5) is 45.5. The predicted molar refractivity (Wildman–Crippen MR) is 194 cm³/mol. The minimum atomic E-state index is -5.11. The van der Waals surface area contributed by atoms with Crippen LogP contribution < -0.4 is 5.73 Å². The van der Waals surface area contributed by atoms with Gasteiger partial charge < -0.3 is 20.3 Å². The van der Waals surface area contributed by atoms with Crippen LogP contribution in [0, 0.1) is 0 Å². The van der Waals surface area contributed by atoms with Crippen molar-refractivity contribution in [2.24, 2.45) is 5.73 Å². The van der Waals surface area contributed by atoms with Crippen molar-refractivity contribution in [3.8, 4) is 0 Å². The highest BCUT2D eigenvalue weighted by Crippen LogP contribution is 2.52. The van der Waals surface area contributed by atoms with E-state index in [0.717, 1.165) is 77.0 Å². The van der Waals surface area contributed by atoms with Gasteiger partial charge in [0.1, 0.15) is 0 Å². The van der Waals surface area contributed by atoms with Crippen LogP contribution in [0.4, 0.5) is 0 Å². The van der Waals surface area contributed by atoms with E-state index in [1.165, 1.54) is 77.0 Å². The Labute approximate surface area is 283 Å². The molecule has 0 saturated heterocycles. The lowest BCUT2D eigenvalue weighted by atomic mass is 10.0. The Kier molecular flexibility index (Phi) is 30.2. The number of rotatable bonds is 34. The van der Waals surface area contributed by atoms with E-state index in [1.54, 1.807) is 0 Å². The molecule has 0 aliphatic rings. The van der Waals surface area contributed by atoms with Gasteiger partial charge in [0.25, 0.3) is 5.34 Å². The highest BCUT2D eigenvalue weighted by atomic mass is 31.2. The molecule has 1 atom stereocenters. The smallest absolute Gasteiger partial charge is 0.377 e. The van der Waals surface area contributed by atoms with E-state index in [4.69, 9.17) is 10.5 Å². The van der Waals surface area contributed by atoms with Crippen molar-refractivity contribution in [2.75, 3.05) is 6.54 Å². The normalized spacial score (nSPS) is 13.5. The number of carbonyl (C=O) groups is 2. The lowest BCUT2D eigenvalue weighted by Gasteiger charge is -2.31. The molecule has 4 N–H and O–H groups in total. The Morgan fingerprint density at radius 1 is 0.565 bits per heavy atom. The van der Waals surface area contributed by atoms with Gasteiger partial charge in [-0.25, -0.2) is 0 Å². The minimum Gasteiger partial charge on any atom is -0.436 e. The molecule has 270 valence electrons. The van der Waals surface area contributed by atoms with Gasteiger partial charge in [-0.1, -0.05) is 141 Å². The number of unbranched alkanes of at least 4 members (excludes halogenated alkanes) is 22. The lowest BCUT2D eigenvalue weighted by Crippen LogP contribution is -2.49. The summed E-state index contributed by atoms with van der Waals surface area (Å²) in [6.07, 6.45) is 38.2. The van der Waals surface area contributed by atoms with E-state index >= 15 is 0 Å². The van der Waals surface area contributed by atoms with Gasteiger partial charge in [0, 0.05) is 12.8 Å². The molecule has 0 aliphatic heterocycles. The molecule has 0 heterocycles. The molecule has 0 aromatic heterocycles. The summed E-state index contributed by atoms with van der Waals surface area (Å²) in [5.74, 6) is -1.55. The molecule has 0 spiro atoms. The predicted octanol–water partition coefficient (Wildman–Crippen LogP) is 11.0. The first kappa shape index (κ1) is 44.7. The number of ether oxygens (including phenoxy) is 1. The molecule has 0 radical (unpaired) electrons. The van der Waals surface area contributed by atoms with E-state index in [2.05, 4.69) is 38.2 Å². The largest absolute Gasteiger partial charge is 0.436 e. The molecule has 8 heteroatoms. The van der Waals surface area contributed by atoms with Gasteiger partial charge in [0.05, 0.1) is 6.54 Å². The fraction of sp³-hybridized carbons (Fsp3) is 0.842. The number of Topliss-reactive ketones (excluding diaryl/α,β-unsaturated/α-hetero) is 1. The summed E-state index contributed by atoms with van der Waals surface area (Å²) in [7, 11) is -5.11. The Bertz CT molecular complexity index is 839. The van der Waals surface area contributed by atoms with E-state index in [-0.39, 0.29) is 12.8 Å². The lowest BCUT2D eigenvalue weighted by molar-refractivity contribution is -0.160. The van der Waals surface area contributed by atoms with Crippen LogP contribution in [0.2, 0.25) is 0 Å². The molecule has 46 heavy (non-hydrogen) atoms. The second kappa shape index (κ2) is 31.0. The number of hydrogen-bond donors (Lipinski definition) is 3. The van der Waals surface area contributed by atoms with E-state index in [9.17, 15) is 23.9 Å². The van der Waals surface area contributed by atoms with Gasteiger partial charge in [-0.3, -0.25) is 14.2 Å². The summed E-state index contributed by atoms with van der Waals surface area (Å²) >= 11 is 0. The van der Waals surface area contributed by atoms with Crippen LogP contribution >= 0.6 is 7.60 Å². The average Bonchev–Trinajstić information content (AvgIpc) is 3.02. The maximum atomic E-state index is 13.0. The van der Waals surface area contributed by atoms with Crippen molar-refractivity contribution in [1.29, 1.82) is 0 Å². The number of nitrogens with two attached hydrogens (primary N) is 1. The first-order chi connectivity index (χ1) is 22.2. The van der Waals surface area contributed by atoms with Crippen molar-refractivity contribution in [1.82, 2.24) is 0 Å². The van der Waals surface area contributed by atoms with E-state index < -0.39 is 31.2 Å². The average molecular weight is 670 g/mol. The second-order valence-electron chi connectivity index (χ2n) is 13.1. The Hall–Kier alpha value is -1.27. The van der Waals surface area contributed by atoms with Gasteiger partial charge in [-0.2, -0.15) is 0 Å². The van der Waals surface area contributed by atoms with Crippen LogP contribution in [0.5, 0.6) is 0 Å². The van der Waals surface area contributed by atoms with Crippen molar-refractivity contribution in [2.45, 2.75) is 199 Å². The van der Waals surface area contributed by atoms with Gasteiger partial charge in [0.15, 0.2) is 5.78 Å². The van der Waals surface area contributed by atoms with Gasteiger partial charge in [-0.05, 0) is 64.2 Å². The third-order valence-corrected chi connectivity index (χ3v) is 10.2. The molecule has 7 nitrogen and oxygen atoms in total. The maximum absolute atomic E-state index is 13.0. The summed E-state index contributed by atoms with van der Waals surface area (Å²) in [6.45, 7) is 3.75. The molecule has 0 aromatic rings. The second-order valence-corrected chi connectivity index (χ2v) is 14.9. The number of ketones is 1. The molecular formula is C38H72NO6P. The van der Waals surface area contributed by atoms with Crippen LogP contribution in [0.3, 0.4) is 0 Å². The van der Waals surface area contributed by atoms with E-state index in [1.807, 2.05) is 0 Å². The maximum Gasteiger partial charge on any atom is 0.377 e. The fourth-order valence-corrected chi connectivity index (χ4v) is 6.58. The van der Waals surface area contributed by atoms with Crippen LogP contribution in [-0.2, 0) is 18.9 Å². The molecule has 0 bridgehead atoms. The molecule has 0 amide bonds. The zero-order valence-electron chi connectivity index (χ0n) is 29.9. The molecule has 0 rings (SSSR count). The van der Waals surface area contributed by atoms with Crippen molar-refractivity contribution in [3.05, 3.63) is 24.3 Å². The van der Waals surface area contributed by atoms with Crippen molar-refractivity contribution >= 4 is 19.3 Å². The van der Waals surface area contributed by atoms with Crippen molar-refractivity contribution in [3.63, 3.8) is 0 Å². The number of allylic oxidation sites excluding steroid dienone is 4. The summed E-state index contributed by atoms with van der Waals surface area (Å²) < 4.78 is 17.6. The topological polar surface area (TPSA) is 127 Å². The van der Waals surface area contributed by atoms with Crippen LogP contribution in [0.25, 0.3) is 0 Å². The van der Waals surface area contributed by atoms with Crippen LogP contribution in [0.1, 0.15) is 194 Å². The molecule has 1 unspecified atom stereocenters. The number of esters is 1. The number of hydrogen-bond acceptors (Lipinski definition) is 5. The van der Waals surface area contributed by atoms with Crippen LogP contribution in [-0.4, -0.2) is 33.4 Å². The zero-order valence-corrected chi connectivity index (χ0v) is 30.8. The monoisotopic (exact) mass is 670 g/mol. The zero-order chi connectivity index (χ0) is 34.2. The molecule has 0 aromatic carbocycles. The van der Waals surface area contributed by atoms with E-state index in [0.29, 0.717) is 12.8 Å². The molecule has 0 aliphatic carbocycles. The molecule has 0 saturated carbocycles. The summed E-state index contributed by atoms with van der Waals surface area (Å²) in [5.41, 5.74) is 5.68. The minimum absolute atomic E-state index is 0.0145. The first-order valence-corrected chi connectivity index (χ1v) is 20.7. The Balaban J connectivity index is 4.14. The summed E-state index contributed by atoms with van der Waals surface area (Å²) in [6, 6.07) is 0. The Morgan fingerprint density at radius 3 is 1.24 bits per heavy atom. The van der Waals surface area contributed by atoms with Crippen molar-refractivity contribution < 1.29 is 28.7 Å². The van der Waals surface area contributed by atoms with Gasteiger partial charge >= 0.3 is 13.6 Å². The quantitative estimate of drug-likeness (QED) is 0.0269. The summed E-state index contributed by atoms with van der Waals surface area (Å²) in [5, 5.41) is -2.58. The fourth-order valence-electron chi connectivity index (χ4n) is 5.68. The van der Waals surface area contributed by atoms with Crippen LogP contribution in [0.15, 0.2) is 24.3 Å². The highest BCUT2D eigenvalue weighted by molar-refractivity contribution is 7.54. The standard InChI is InChI=1S/C38H72NO6P/c1-3-5-7-9-11-13-15-17-19-21-23-25-27-29-31-33-36(40)38(35-39,46(42,43)44)45-37(41)34-32-30-28-26-24-22-20-18-16-14-12-10-8-6-4-2/h17-20H,3-16,21-35,39H2,1-2H3,(H2,42,43,44). The highest BCUT2D eigenvalue weighted by Gasteiger charge is 2.55. The van der Waals surface area contributed by atoms with Gasteiger partial charge in [-0.15, -0.1) is 0 Å². The SMILES string of the molecule is CCCCCCCCC=CCCCCCCCC(=O)OC(CN)(C(=O)CCCCCCCC=CCCCCCCCC)P(=O)(O)O. The third kappa shape index (κ3) is 24.0. The molecule has 0 fully saturated rings. The molecular weight excluding hydrogens is 597 g/mol. The number of carbonyl (C=O) groups excluding carboxylic acids is 2. The first-order valence-electron chi connectivity index (χ1n) is 19.1. The Morgan fingerprint density at radius 2 is 0.891 bits per heavy atom. The van der Waals surface area contributed by atoms with Gasteiger partial charge in [0.2, 0.25) is 0 Å². The third-order valence-electron chi connectivity index (χ3n) is 8.77.